The van der Waals surface area contributed by atoms with Crippen LogP contribution in [-0.4, -0.2) is 6.04 Å². The fourth-order valence-corrected chi connectivity index (χ4v) is 2.40. The zero-order valence-corrected chi connectivity index (χ0v) is 8.95. The number of halogens is 1. The van der Waals surface area contributed by atoms with Crippen LogP contribution in [0.4, 0.5) is 4.39 Å². The van der Waals surface area contributed by atoms with E-state index in [9.17, 15) is 4.39 Å². The summed E-state index contributed by atoms with van der Waals surface area (Å²) in [6.07, 6.45) is 5.77. The fourth-order valence-electron chi connectivity index (χ4n) is 2.40. The molecule has 0 heterocycles. The van der Waals surface area contributed by atoms with Crippen LogP contribution >= 0.6 is 0 Å². The molecule has 0 amide bonds. The molecule has 1 fully saturated rings. The molecule has 1 nitrogen and oxygen atoms in total. The van der Waals surface area contributed by atoms with Crippen molar-refractivity contribution in [2.24, 2.45) is 5.73 Å². The maximum Gasteiger partial charge on any atom is 0.123 e. The second-order valence-electron chi connectivity index (χ2n) is 4.52. The number of nitrogens with two attached hydrogens (primary N) is 1. The van der Waals surface area contributed by atoms with Gasteiger partial charge in [0.2, 0.25) is 0 Å². The average Bonchev–Trinajstić information content (AvgIpc) is 2.44. The second kappa shape index (κ2) is 4.75. The molecule has 2 atom stereocenters. The minimum Gasteiger partial charge on any atom is -0.328 e. The molecule has 1 aliphatic rings. The van der Waals surface area contributed by atoms with Crippen molar-refractivity contribution < 1.29 is 4.39 Å². The van der Waals surface area contributed by atoms with Gasteiger partial charge in [-0.1, -0.05) is 18.6 Å². The van der Waals surface area contributed by atoms with Gasteiger partial charge in [0.05, 0.1) is 0 Å². The average molecular weight is 207 g/mol. The lowest BCUT2D eigenvalue weighted by atomic mass is 9.92. The normalized spacial score (nSPS) is 27.3. The van der Waals surface area contributed by atoms with Crippen molar-refractivity contribution in [1.82, 2.24) is 0 Å². The van der Waals surface area contributed by atoms with Gasteiger partial charge >= 0.3 is 0 Å². The lowest BCUT2D eigenvalue weighted by Crippen LogP contribution is -2.17. The van der Waals surface area contributed by atoms with Crippen molar-refractivity contribution >= 4 is 0 Å². The van der Waals surface area contributed by atoms with Gasteiger partial charge in [0.15, 0.2) is 0 Å². The van der Waals surface area contributed by atoms with E-state index in [-0.39, 0.29) is 5.82 Å². The summed E-state index contributed by atoms with van der Waals surface area (Å²) < 4.78 is 12.8. The highest BCUT2D eigenvalue weighted by Gasteiger charge is 2.17. The minimum absolute atomic E-state index is 0.149. The van der Waals surface area contributed by atoms with Crippen LogP contribution in [0.15, 0.2) is 24.3 Å². The first-order valence-corrected chi connectivity index (χ1v) is 5.77. The summed E-state index contributed by atoms with van der Waals surface area (Å²) in [6.45, 7) is 0. The van der Waals surface area contributed by atoms with E-state index < -0.39 is 0 Å². The van der Waals surface area contributed by atoms with Crippen LogP contribution in [0.1, 0.15) is 43.6 Å². The summed E-state index contributed by atoms with van der Waals surface area (Å²) in [5, 5.41) is 0. The van der Waals surface area contributed by atoms with Crippen molar-refractivity contribution in [3.63, 3.8) is 0 Å². The first-order valence-electron chi connectivity index (χ1n) is 5.77. The fraction of sp³-hybridized carbons (Fsp3) is 0.538. The minimum atomic E-state index is -0.149. The maximum atomic E-state index is 12.8. The Balaban J connectivity index is 2.06. The van der Waals surface area contributed by atoms with E-state index in [4.69, 9.17) is 5.73 Å². The summed E-state index contributed by atoms with van der Waals surface area (Å²) in [6, 6.07) is 7.31. The molecule has 1 aromatic carbocycles. The molecule has 1 aliphatic carbocycles. The predicted molar refractivity (Wildman–Crippen MR) is 60.2 cm³/mol. The van der Waals surface area contributed by atoms with Crippen LogP contribution in [0.5, 0.6) is 0 Å². The highest BCUT2D eigenvalue weighted by molar-refractivity contribution is 5.20. The van der Waals surface area contributed by atoms with Gasteiger partial charge in [0, 0.05) is 6.04 Å². The van der Waals surface area contributed by atoms with Crippen LogP contribution in [0.2, 0.25) is 0 Å². The molecule has 0 saturated heterocycles. The summed E-state index contributed by atoms with van der Waals surface area (Å²) in [5.41, 5.74) is 7.21. The number of hydrogen-bond donors (Lipinski definition) is 1. The predicted octanol–water partition coefficient (Wildman–Crippen LogP) is 3.20. The number of hydrogen-bond acceptors (Lipinski definition) is 1. The molecule has 2 N–H and O–H groups in total. The summed E-state index contributed by atoms with van der Waals surface area (Å²) >= 11 is 0. The van der Waals surface area contributed by atoms with Crippen LogP contribution in [-0.2, 0) is 0 Å². The van der Waals surface area contributed by atoms with E-state index in [1.807, 2.05) is 12.1 Å². The van der Waals surface area contributed by atoms with E-state index in [0.29, 0.717) is 12.0 Å². The van der Waals surface area contributed by atoms with E-state index in [1.165, 1.54) is 18.4 Å². The Morgan fingerprint density at radius 1 is 1.00 bits per heavy atom. The summed E-state index contributed by atoms with van der Waals surface area (Å²) in [4.78, 5) is 0. The van der Waals surface area contributed by atoms with Crippen molar-refractivity contribution in [2.45, 2.75) is 44.1 Å². The topological polar surface area (TPSA) is 26.0 Å². The Morgan fingerprint density at radius 3 is 2.47 bits per heavy atom. The van der Waals surface area contributed by atoms with Gasteiger partial charge in [-0.05, 0) is 49.3 Å². The van der Waals surface area contributed by atoms with E-state index >= 15 is 0 Å². The van der Waals surface area contributed by atoms with Crippen molar-refractivity contribution in [3.05, 3.63) is 35.6 Å². The molecule has 0 spiro atoms. The van der Waals surface area contributed by atoms with Crippen molar-refractivity contribution in [2.75, 3.05) is 0 Å². The van der Waals surface area contributed by atoms with Crippen LogP contribution < -0.4 is 5.73 Å². The standard InChI is InChI=1S/C13H18FN/c14-12-7-4-11(5-8-12)10-2-1-3-13(15)9-6-10/h4-5,7-8,10,13H,1-3,6,9,15H2. The lowest BCUT2D eigenvalue weighted by molar-refractivity contribution is 0.567. The van der Waals surface area contributed by atoms with Crippen molar-refractivity contribution in [1.29, 1.82) is 0 Å². The number of rotatable bonds is 1. The van der Waals surface area contributed by atoms with E-state index in [0.717, 1.165) is 19.3 Å². The summed E-state index contributed by atoms with van der Waals surface area (Å²) in [5.74, 6) is 0.434. The molecule has 2 rings (SSSR count). The van der Waals surface area contributed by atoms with Gasteiger partial charge in [-0.25, -0.2) is 4.39 Å². The number of benzene rings is 1. The molecule has 0 radical (unpaired) electrons. The van der Waals surface area contributed by atoms with Crippen LogP contribution in [0.3, 0.4) is 0 Å². The first-order chi connectivity index (χ1) is 7.25. The molecule has 0 bridgehead atoms. The van der Waals surface area contributed by atoms with Gasteiger partial charge in [0.25, 0.3) is 0 Å². The Labute approximate surface area is 90.5 Å². The Bertz CT molecular complexity index is 307. The Hall–Kier alpha value is -0.890. The molecule has 1 saturated carbocycles. The third kappa shape index (κ3) is 2.78. The zero-order valence-electron chi connectivity index (χ0n) is 8.95. The van der Waals surface area contributed by atoms with Gasteiger partial charge < -0.3 is 5.73 Å². The Kier molecular flexibility index (Phi) is 3.37. The third-order valence-corrected chi connectivity index (χ3v) is 3.35. The van der Waals surface area contributed by atoms with Gasteiger partial charge in [-0.2, -0.15) is 0 Å². The maximum absolute atomic E-state index is 12.8. The van der Waals surface area contributed by atoms with Gasteiger partial charge in [-0.15, -0.1) is 0 Å². The van der Waals surface area contributed by atoms with Crippen LogP contribution in [0, 0.1) is 5.82 Å². The molecule has 1 aromatic rings. The lowest BCUT2D eigenvalue weighted by Gasteiger charge is -2.14. The molecular weight excluding hydrogens is 189 g/mol. The molecule has 15 heavy (non-hydrogen) atoms. The Morgan fingerprint density at radius 2 is 1.73 bits per heavy atom. The SMILES string of the molecule is NC1CCCC(c2ccc(F)cc2)CC1. The van der Waals surface area contributed by atoms with Crippen LogP contribution in [0.25, 0.3) is 0 Å². The molecule has 82 valence electrons. The van der Waals surface area contributed by atoms with Gasteiger partial charge in [0.1, 0.15) is 5.82 Å². The molecule has 0 aromatic heterocycles. The van der Waals surface area contributed by atoms with Gasteiger partial charge in [-0.3, -0.25) is 0 Å². The zero-order chi connectivity index (χ0) is 10.7. The largest absolute Gasteiger partial charge is 0.328 e. The highest BCUT2D eigenvalue weighted by atomic mass is 19.1. The molecular formula is C13H18FN. The first kappa shape index (κ1) is 10.6. The monoisotopic (exact) mass is 207 g/mol. The molecule has 0 aliphatic heterocycles. The molecule has 2 heteroatoms. The van der Waals surface area contributed by atoms with E-state index in [1.54, 1.807) is 12.1 Å². The quantitative estimate of drug-likeness (QED) is 0.703. The molecule has 2 unspecified atom stereocenters. The van der Waals surface area contributed by atoms with E-state index in [2.05, 4.69) is 0 Å². The smallest absolute Gasteiger partial charge is 0.123 e. The third-order valence-electron chi connectivity index (χ3n) is 3.35. The highest BCUT2D eigenvalue weighted by Crippen LogP contribution is 2.31. The van der Waals surface area contributed by atoms with Crippen molar-refractivity contribution in [3.8, 4) is 0 Å². The second-order valence-corrected chi connectivity index (χ2v) is 4.52. The summed E-state index contributed by atoms with van der Waals surface area (Å²) in [7, 11) is 0.